The van der Waals surface area contributed by atoms with Gasteiger partial charge in [-0.1, -0.05) is 0 Å². The summed E-state index contributed by atoms with van der Waals surface area (Å²) in [4.78, 5) is 12.3. The Hall–Kier alpha value is -1.60. The van der Waals surface area contributed by atoms with Crippen LogP contribution in [0.4, 0.5) is 5.69 Å². The first kappa shape index (κ1) is 16.8. The van der Waals surface area contributed by atoms with Crippen molar-refractivity contribution in [1.29, 1.82) is 0 Å². The lowest BCUT2D eigenvalue weighted by atomic mass is 10.1. The van der Waals surface area contributed by atoms with E-state index in [4.69, 9.17) is 9.47 Å². The molecule has 1 amide bonds. The second-order valence-corrected chi connectivity index (χ2v) is 5.87. The van der Waals surface area contributed by atoms with Crippen LogP contribution in [0.5, 0.6) is 5.75 Å². The Balaban J connectivity index is 2.16. The Kier molecular flexibility index (Phi) is 6.21. The van der Waals surface area contributed by atoms with E-state index in [1.165, 1.54) is 0 Å². The van der Waals surface area contributed by atoms with Crippen LogP contribution in [0.25, 0.3) is 0 Å². The van der Waals surface area contributed by atoms with Gasteiger partial charge in [0.1, 0.15) is 5.75 Å². The fourth-order valence-corrected chi connectivity index (χ4v) is 2.34. The van der Waals surface area contributed by atoms with Gasteiger partial charge in [0.05, 0.1) is 13.7 Å². The van der Waals surface area contributed by atoms with E-state index in [9.17, 15) is 4.79 Å². The lowest BCUT2D eigenvalue weighted by Gasteiger charge is -2.11. The monoisotopic (exact) mass is 411 g/mol. The molecule has 22 heavy (non-hydrogen) atoms. The van der Waals surface area contributed by atoms with Crippen LogP contribution in [0.2, 0.25) is 0 Å². The third kappa shape index (κ3) is 4.45. The molecule has 0 aliphatic rings. The van der Waals surface area contributed by atoms with Gasteiger partial charge in [-0.15, -0.1) is 0 Å². The standard InChI is InChI=1S/C17H18INO3/c1-3-22-11-13-10-12(4-9-16(13)21-2)17(20)19-15-7-5-14(18)6-8-15/h4-10H,3,11H2,1-2H3,(H,19,20). The van der Waals surface area contributed by atoms with Gasteiger partial charge in [0.15, 0.2) is 0 Å². The molecule has 0 atom stereocenters. The van der Waals surface area contributed by atoms with Crippen molar-refractivity contribution in [3.8, 4) is 5.75 Å². The van der Waals surface area contributed by atoms with E-state index < -0.39 is 0 Å². The molecular weight excluding hydrogens is 393 g/mol. The van der Waals surface area contributed by atoms with Crippen molar-refractivity contribution in [2.75, 3.05) is 19.0 Å². The van der Waals surface area contributed by atoms with Crippen LogP contribution >= 0.6 is 22.6 Å². The van der Waals surface area contributed by atoms with Crippen LogP contribution in [0.15, 0.2) is 42.5 Å². The highest BCUT2D eigenvalue weighted by Gasteiger charge is 2.10. The maximum atomic E-state index is 12.3. The van der Waals surface area contributed by atoms with Gasteiger partial charge in [0.25, 0.3) is 5.91 Å². The minimum Gasteiger partial charge on any atom is -0.496 e. The van der Waals surface area contributed by atoms with E-state index in [1.54, 1.807) is 25.3 Å². The van der Waals surface area contributed by atoms with E-state index in [1.807, 2.05) is 31.2 Å². The molecule has 116 valence electrons. The van der Waals surface area contributed by atoms with Crippen molar-refractivity contribution in [3.05, 3.63) is 57.2 Å². The zero-order valence-corrected chi connectivity index (χ0v) is 14.7. The summed E-state index contributed by atoms with van der Waals surface area (Å²) in [5, 5.41) is 2.88. The van der Waals surface area contributed by atoms with Gasteiger partial charge in [-0.25, -0.2) is 0 Å². The van der Waals surface area contributed by atoms with E-state index in [2.05, 4.69) is 27.9 Å². The van der Waals surface area contributed by atoms with E-state index in [0.29, 0.717) is 18.8 Å². The predicted molar refractivity (Wildman–Crippen MR) is 95.4 cm³/mol. The lowest BCUT2D eigenvalue weighted by molar-refractivity contribution is 0.102. The number of nitrogens with one attached hydrogen (secondary N) is 1. The number of carbonyl (C=O) groups excluding carboxylic acids is 1. The fourth-order valence-electron chi connectivity index (χ4n) is 1.98. The van der Waals surface area contributed by atoms with Crippen molar-refractivity contribution >= 4 is 34.2 Å². The summed E-state index contributed by atoms with van der Waals surface area (Å²) >= 11 is 2.23. The Morgan fingerprint density at radius 3 is 2.55 bits per heavy atom. The smallest absolute Gasteiger partial charge is 0.255 e. The molecule has 2 rings (SSSR count). The summed E-state index contributed by atoms with van der Waals surface area (Å²) < 4.78 is 11.8. The Morgan fingerprint density at radius 2 is 1.91 bits per heavy atom. The van der Waals surface area contributed by atoms with Gasteiger partial charge >= 0.3 is 0 Å². The summed E-state index contributed by atoms with van der Waals surface area (Å²) in [5.41, 5.74) is 2.21. The molecule has 2 aromatic rings. The third-order valence-corrected chi connectivity index (χ3v) is 3.83. The third-order valence-electron chi connectivity index (χ3n) is 3.11. The van der Waals surface area contributed by atoms with E-state index >= 15 is 0 Å². The number of anilines is 1. The molecule has 1 N–H and O–H groups in total. The Morgan fingerprint density at radius 1 is 1.18 bits per heavy atom. The summed E-state index contributed by atoms with van der Waals surface area (Å²) in [6.07, 6.45) is 0. The molecule has 0 bridgehead atoms. The fraction of sp³-hybridized carbons (Fsp3) is 0.235. The number of halogens is 1. The number of benzene rings is 2. The maximum absolute atomic E-state index is 12.3. The molecule has 0 saturated heterocycles. The van der Waals surface area contributed by atoms with Gasteiger partial charge in [0.2, 0.25) is 0 Å². The van der Waals surface area contributed by atoms with Crippen molar-refractivity contribution in [2.24, 2.45) is 0 Å². The first-order valence-corrected chi connectivity index (χ1v) is 8.03. The zero-order chi connectivity index (χ0) is 15.9. The average Bonchev–Trinajstić information content (AvgIpc) is 2.54. The molecule has 0 spiro atoms. The number of methoxy groups -OCH3 is 1. The molecule has 2 aromatic carbocycles. The molecule has 4 nitrogen and oxygen atoms in total. The topological polar surface area (TPSA) is 47.6 Å². The Bertz CT molecular complexity index is 641. The quantitative estimate of drug-likeness (QED) is 0.729. The Labute approximate surface area is 144 Å². The number of hydrogen-bond acceptors (Lipinski definition) is 3. The van der Waals surface area contributed by atoms with Gasteiger partial charge in [0, 0.05) is 27.0 Å². The summed E-state index contributed by atoms with van der Waals surface area (Å²) in [7, 11) is 1.61. The predicted octanol–water partition coefficient (Wildman–Crippen LogP) is 4.09. The zero-order valence-electron chi connectivity index (χ0n) is 12.6. The number of ether oxygens (including phenoxy) is 2. The lowest BCUT2D eigenvalue weighted by Crippen LogP contribution is -2.12. The molecule has 5 heteroatoms. The first-order valence-electron chi connectivity index (χ1n) is 6.95. The molecule has 0 aromatic heterocycles. The number of hydrogen-bond donors (Lipinski definition) is 1. The largest absolute Gasteiger partial charge is 0.496 e. The minimum absolute atomic E-state index is 0.151. The normalized spacial score (nSPS) is 10.3. The summed E-state index contributed by atoms with van der Waals surface area (Å²) in [5.74, 6) is 0.570. The second-order valence-electron chi connectivity index (χ2n) is 4.62. The number of rotatable bonds is 6. The summed E-state index contributed by atoms with van der Waals surface area (Å²) in [6.45, 7) is 2.96. The summed E-state index contributed by atoms with van der Waals surface area (Å²) in [6, 6.07) is 13.0. The molecule has 0 aliphatic heterocycles. The van der Waals surface area contributed by atoms with Crippen molar-refractivity contribution in [3.63, 3.8) is 0 Å². The molecule has 0 aliphatic carbocycles. The molecular formula is C17H18INO3. The van der Waals surface area contributed by atoms with Crippen molar-refractivity contribution in [1.82, 2.24) is 0 Å². The van der Waals surface area contributed by atoms with E-state index in [0.717, 1.165) is 20.6 Å². The van der Waals surface area contributed by atoms with Crippen LogP contribution in [0.3, 0.4) is 0 Å². The SMILES string of the molecule is CCOCc1cc(C(=O)Nc2ccc(I)cc2)ccc1OC. The van der Waals surface area contributed by atoms with Gasteiger partial charge in [-0.2, -0.15) is 0 Å². The van der Waals surface area contributed by atoms with Crippen LogP contribution in [-0.4, -0.2) is 19.6 Å². The van der Waals surface area contributed by atoms with Crippen LogP contribution in [0.1, 0.15) is 22.8 Å². The number of amides is 1. The first-order chi connectivity index (χ1) is 10.6. The highest BCUT2D eigenvalue weighted by Crippen LogP contribution is 2.22. The molecule has 0 saturated carbocycles. The molecule has 0 heterocycles. The maximum Gasteiger partial charge on any atom is 0.255 e. The highest BCUT2D eigenvalue weighted by atomic mass is 127. The van der Waals surface area contributed by atoms with Crippen molar-refractivity contribution < 1.29 is 14.3 Å². The number of carbonyl (C=O) groups is 1. The minimum atomic E-state index is -0.151. The van der Waals surface area contributed by atoms with Gasteiger partial charge in [-0.05, 0) is 72.0 Å². The van der Waals surface area contributed by atoms with Gasteiger partial charge < -0.3 is 14.8 Å². The average molecular weight is 411 g/mol. The molecule has 0 fully saturated rings. The molecule has 0 radical (unpaired) electrons. The van der Waals surface area contributed by atoms with Crippen LogP contribution in [0, 0.1) is 3.57 Å². The highest BCUT2D eigenvalue weighted by molar-refractivity contribution is 14.1. The van der Waals surface area contributed by atoms with Gasteiger partial charge in [-0.3, -0.25) is 4.79 Å². The van der Waals surface area contributed by atoms with Crippen molar-refractivity contribution in [2.45, 2.75) is 13.5 Å². The molecule has 0 unspecified atom stereocenters. The van der Waals surface area contributed by atoms with E-state index in [-0.39, 0.29) is 5.91 Å². The second kappa shape index (κ2) is 8.14. The van der Waals surface area contributed by atoms with Crippen LogP contribution in [-0.2, 0) is 11.3 Å². The van der Waals surface area contributed by atoms with Crippen LogP contribution < -0.4 is 10.1 Å².